The Morgan fingerprint density at radius 1 is 1.02 bits per heavy atom. The van der Waals surface area contributed by atoms with Crippen LogP contribution >= 0.6 is 0 Å². The quantitative estimate of drug-likeness (QED) is 0.429. The second-order valence-electron chi connectivity index (χ2n) is 11.3. The fourth-order valence-corrected chi connectivity index (χ4v) is 6.79. The average Bonchev–Trinajstić information content (AvgIpc) is 2.96. The maximum absolute atomic E-state index is 15.2. The largest absolute Gasteiger partial charge is 0.365 e. The maximum atomic E-state index is 15.2. The number of hydrogen-bond acceptors (Lipinski definition) is 7. The van der Waals surface area contributed by atoms with E-state index in [1.165, 1.54) is 12.4 Å². The van der Waals surface area contributed by atoms with Crippen molar-refractivity contribution in [3.8, 4) is 0 Å². The topological polar surface area (TPSA) is 92.2 Å². The van der Waals surface area contributed by atoms with Crippen LogP contribution < -0.4 is 21.1 Å². The molecule has 1 fully saturated rings. The number of fused-ring (bicyclic) bond motifs is 2. The van der Waals surface area contributed by atoms with Gasteiger partial charge in [0.1, 0.15) is 23.5 Å². The van der Waals surface area contributed by atoms with Crippen molar-refractivity contribution in [2.75, 3.05) is 47.9 Å². The molecule has 1 atom stereocenters. The van der Waals surface area contributed by atoms with E-state index in [9.17, 15) is 9.00 Å². The van der Waals surface area contributed by atoms with Gasteiger partial charge in [-0.3, -0.25) is 13.6 Å². The molecule has 6 bridgehead atoms. The number of hydrogen-bond donors (Lipinski definition) is 2. The number of nitrogens with zero attached hydrogens (tertiary/aromatic N) is 4. The predicted molar refractivity (Wildman–Crippen MR) is 161 cm³/mol. The SMILES string of the molecule is CC1CNCCCCCCCn2c(=O)c(N3CCS(=O)CC3)cc3c(ncnc32)NCc2cccc(c2)C(F)(F)C1. The van der Waals surface area contributed by atoms with Gasteiger partial charge in [-0.2, -0.15) is 0 Å². The molecule has 0 amide bonds. The number of anilines is 2. The number of pyridine rings is 1. The summed E-state index contributed by atoms with van der Waals surface area (Å²) in [5.74, 6) is -1.48. The molecule has 0 aliphatic carbocycles. The van der Waals surface area contributed by atoms with E-state index in [1.54, 1.807) is 16.7 Å². The number of halogens is 2. The van der Waals surface area contributed by atoms with Gasteiger partial charge in [0, 0.05) is 60.5 Å². The molecule has 11 heteroatoms. The molecule has 4 heterocycles. The Morgan fingerprint density at radius 3 is 2.63 bits per heavy atom. The lowest BCUT2D eigenvalue weighted by molar-refractivity contribution is -0.0268. The van der Waals surface area contributed by atoms with Gasteiger partial charge in [-0.25, -0.2) is 18.7 Å². The fraction of sp³-hybridized carbons (Fsp3) is 0.567. The van der Waals surface area contributed by atoms with Gasteiger partial charge < -0.3 is 15.5 Å². The van der Waals surface area contributed by atoms with Crippen LogP contribution in [-0.2, 0) is 29.8 Å². The van der Waals surface area contributed by atoms with Crippen LogP contribution in [0.4, 0.5) is 20.3 Å². The Morgan fingerprint density at radius 2 is 1.80 bits per heavy atom. The summed E-state index contributed by atoms with van der Waals surface area (Å²) in [6.45, 7) is 5.19. The normalized spacial score (nSPS) is 21.7. The number of aromatic nitrogens is 3. The smallest absolute Gasteiger partial charge is 0.275 e. The van der Waals surface area contributed by atoms with Crippen molar-refractivity contribution < 1.29 is 13.0 Å². The van der Waals surface area contributed by atoms with E-state index in [0.717, 1.165) is 44.2 Å². The number of aryl methyl sites for hydroxylation is 1. The summed E-state index contributed by atoms with van der Waals surface area (Å²) in [4.78, 5) is 24.7. The summed E-state index contributed by atoms with van der Waals surface area (Å²) in [5.41, 5.74) is 1.76. The van der Waals surface area contributed by atoms with Gasteiger partial charge in [0.2, 0.25) is 0 Å². The van der Waals surface area contributed by atoms with Crippen molar-refractivity contribution >= 4 is 33.3 Å². The molecule has 1 unspecified atom stereocenters. The molecule has 8 nitrogen and oxygen atoms in total. The van der Waals surface area contributed by atoms with Crippen LogP contribution in [0.3, 0.4) is 0 Å². The number of nitrogens with one attached hydrogen (secondary N) is 2. The summed E-state index contributed by atoms with van der Waals surface area (Å²) < 4.78 is 44.2. The Bertz CT molecular complexity index is 1420. The monoisotopic (exact) mass is 586 g/mol. The first-order chi connectivity index (χ1) is 19.8. The predicted octanol–water partition coefficient (Wildman–Crippen LogP) is 4.64. The van der Waals surface area contributed by atoms with E-state index in [1.807, 2.05) is 24.0 Å². The zero-order valence-corrected chi connectivity index (χ0v) is 24.5. The molecule has 1 aromatic carbocycles. The van der Waals surface area contributed by atoms with E-state index in [0.29, 0.717) is 66.8 Å². The van der Waals surface area contributed by atoms with E-state index >= 15 is 8.78 Å². The van der Waals surface area contributed by atoms with Gasteiger partial charge in [-0.1, -0.05) is 44.4 Å². The third kappa shape index (κ3) is 7.30. The van der Waals surface area contributed by atoms with Crippen molar-refractivity contribution in [1.29, 1.82) is 0 Å². The molecule has 2 aliphatic rings. The highest BCUT2D eigenvalue weighted by atomic mass is 32.2. The second-order valence-corrected chi connectivity index (χ2v) is 13.0. The molecule has 0 saturated carbocycles. The lowest BCUT2D eigenvalue weighted by Gasteiger charge is -2.28. The number of benzene rings is 1. The van der Waals surface area contributed by atoms with Gasteiger partial charge in [0.25, 0.3) is 11.5 Å². The van der Waals surface area contributed by atoms with Gasteiger partial charge in [-0.15, -0.1) is 0 Å². The van der Waals surface area contributed by atoms with Crippen molar-refractivity contribution in [3.05, 3.63) is 58.1 Å². The number of alkyl halides is 2. The lowest BCUT2D eigenvalue weighted by Crippen LogP contribution is -2.41. The van der Waals surface area contributed by atoms with E-state index in [-0.39, 0.29) is 23.5 Å². The minimum atomic E-state index is -2.93. The Labute approximate surface area is 242 Å². The molecular formula is C30H40F2N6O2S. The molecule has 2 aliphatic heterocycles. The molecular weight excluding hydrogens is 546 g/mol. The zero-order chi connectivity index (χ0) is 28.8. The van der Waals surface area contributed by atoms with Gasteiger partial charge in [0.15, 0.2) is 0 Å². The van der Waals surface area contributed by atoms with Crippen LogP contribution in [0, 0.1) is 5.92 Å². The van der Waals surface area contributed by atoms with Crippen LogP contribution in [-0.4, -0.2) is 56.4 Å². The van der Waals surface area contributed by atoms with Crippen LogP contribution in [0.2, 0.25) is 0 Å². The summed E-state index contributed by atoms with van der Waals surface area (Å²) in [5, 5.41) is 7.38. The molecule has 5 rings (SSSR count). The minimum absolute atomic E-state index is 0.0145. The molecule has 2 aromatic heterocycles. The molecule has 222 valence electrons. The van der Waals surface area contributed by atoms with E-state index in [2.05, 4.69) is 20.6 Å². The standard InChI is InChI=1S/C30H40F2N6O2S/c1-22-18-30(31,32)24-9-7-8-23(16-24)20-34-27-25-17-26(37-12-14-41(40)15-13-37)29(39)38(28(25)36-21-35-27)11-6-4-2-3-5-10-33-19-22/h7-9,16-17,21-22,33H,2-6,10-15,18-20H2,1H3,(H,34,35,36). The van der Waals surface area contributed by atoms with Gasteiger partial charge in [0.05, 0.1) is 5.39 Å². The first-order valence-corrected chi connectivity index (χ1v) is 16.2. The second kappa shape index (κ2) is 13.4. The highest BCUT2D eigenvalue weighted by Gasteiger charge is 2.33. The Hall–Kier alpha value is -2.92. The molecule has 41 heavy (non-hydrogen) atoms. The Kier molecular flexibility index (Phi) is 9.64. The maximum Gasteiger partial charge on any atom is 0.275 e. The lowest BCUT2D eigenvalue weighted by atomic mass is 9.96. The zero-order valence-electron chi connectivity index (χ0n) is 23.7. The van der Waals surface area contributed by atoms with Crippen LogP contribution in [0.1, 0.15) is 56.6 Å². The third-order valence-corrected chi connectivity index (χ3v) is 9.30. The third-order valence-electron chi connectivity index (χ3n) is 8.02. The molecule has 0 radical (unpaired) electrons. The van der Waals surface area contributed by atoms with Crippen molar-refractivity contribution in [1.82, 2.24) is 19.9 Å². The molecule has 1 saturated heterocycles. The molecule has 2 N–H and O–H groups in total. The van der Waals surface area contributed by atoms with Crippen molar-refractivity contribution in [2.45, 2.75) is 64.5 Å². The highest BCUT2D eigenvalue weighted by Crippen LogP contribution is 2.35. The average molecular weight is 587 g/mol. The van der Waals surface area contributed by atoms with Crippen molar-refractivity contribution in [2.24, 2.45) is 5.92 Å². The minimum Gasteiger partial charge on any atom is -0.365 e. The Balaban J connectivity index is 1.50. The molecule has 0 spiro atoms. The van der Waals surface area contributed by atoms with E-state index in [4.69, 9.17) is 0 Å². The summed E-state index contributed by atoms with van der Waals surface area (Å²) in [6.07, 6.45) is 6.13. The molecule has 3 aromatic rings. The summed E-state index contributed by atoms with van der Waals surface area (Å²) >= 11 is 0. The van der Waals surface area contributed by atoms with Gasteiger partial charge >= 0.3 is 0 Å². The van der Waals surface area contributed by atoms with Crippen LogP contribution in [0.25, 0.3) is 11.0 Å². The van der Waals surface area contributed by atoms with E-state index < -0.39 is 16.7 Å². The van der Waals surface area contributed by atoms with Crippen molar-refractivity contribution in [3.63, 3.8) is 0 Å². The first kappa shape index (κ1) is 29.6. The van der Waals surface area contributed by atoms with Crippen LogP contribution in [0.15, 0.2) is 41.5 Å². The van der Waals surface area contributed by atoms with Gasteiger partial charge in [-0.05, 0) is 49.5 Å². The summed E-state index contributed by atoms with van der Waals surface area (Å²) in [6, 6.07) is 8.39. The highest BCUT2D eigenvalue weighted by molar-refractivity contribution is 7.85. The van der Waals surface area contributed by atoms with Crippen LogP contribution in [0.5, 0.6) is 0 Å². The first-order valence-electron chi connectivity index (χ1n) is 14.7. The number of rotatable bonds is 1. The fourth-order valence-electron chi connectivity index (χ4n) is 5.74. The summed E-state index contributed by atoms with van der Waals surface area (Å²) in [7, 11) is -0.865.